The Hall–Kier alpha value is -3.19. The zero-order valence-corrected chi connectivity index (χ0v) is 14.4. The second kappa shape index (κ2) is 6.97. The highest BCUT2D eigenvalue weighted by molar-refractivity contribution is 6.33. The Morgan fingerprint density at radius 1 is 1.12 bits per heavy atom. The zero-order valence-electron chi connectivity index (χ0n) is 13.6. The molecule has 0 aliphatic heterocycles. The van der Waals surface area contributed by atoms with Crippen LogP contribution in [-0.4, -0.2) is 26.8 Å². The maximum Gasteiger partial charge on any atom is 0.357 e. The predicted molar refractivity (Wildman–Crippen MR) is 97.8 cm³/mol. The van der Waals surface area contributed by atoms with Gasteiger partial charge < -0.3 is 10.4 Å². The first kappa shape index (κ1) is 17.6. The molecule has 0 fully saturated rings. The van der Waals surface area contributed by atoms with Crippen molar-refractivity contribution in [3.63, 3.8) is 0 Å². The molecule has 3 rings (SSSR count). The maximum absolute atomic E-state index is 12.7. The van der Waals surface area contributed by atoms with E-state index in [1.54, 1.807) is 36.4 Å². The number of benzene rings is 2. The van der Waals surface area contributed by atoms with Crippen LogP contribution < -0.4 is 10.9 Å². The zero-order chi connectivity index (χ0) is 18.8. The molecule has 1 atom stereocenters. The van der Waals surface area contributed by atoms with Gasteiger partial charge in [-0.1, -0.05) is 41.9 Å². The molecule has 0 aliphatic carbocycles. The monoisotopic (exact) mass is 371 g/mol. The number of amides is 1. The van der Waals surface area contributed by atoms with Crippen LogP contribution in [-0.2, 0) is 4.79 Å². The second-order valence-electron chi connectivity index (χ2n) is 5.59. The highest BCUT2D eigenvalue weighted by Gasteiger charge is 2.23. The van der Waals surface area contributed by atoms with Gasteiger partial charge in [-0.3, -0.25) is 9.59 Å². The van der Waals surface area contributed by atoms with E-state index < -0.39 is 23.5 Å². The molecule has 0 aliphatic rings. The van der Waals surface area contributed by atoms with Gasteiger partial charge in [0.05, 0.1) is 16.1 Å². The molecule has 1 amide bonds. The summed E-state index contributed by atoms with van der Waals surface area (Å²) < 4.78 is 0.873. The van der Waals surface area contributed by atoms with Crippen LogP contribution in [0.2, 0.25) is 5.02 Å². The van der Waals surface area contributed by atoms with E-state index in [2.05, 4.69) is 10.4 Å². The minimum absolute atomic E-state index is 0.178. The van der Waals surface area contributed by atoms with Crippen molar-refractivity contribution in [1.82, 2.24) is 9.78 Å². The van der Waals surface area contributed by atoms with Gasteiger partial charge in [-0.25, -0.2) is 9.48 Å². The van der Waals surface area contributed by atoms with Crippen molar-refractivity contribution in [2.75, 3.05) is 5.32 Å². The molecule has 2 aromatic carbocycles. The standard InChI is InChI=1S/C18H14ClN3O4/c1-10(16(23)20-14-9-5-4-8-13(14)19)22-17(24)12-7-3-2-6-11(12)15(21-22)18(25)26/h2-10H,1H3,(H,20,23)(H,25,26). The lowest BCUT2D eigenvalue weighted by molar-refractivity contribution is -0.119. The number of hydrogen-bond donors (Lipinski definition) is 2. The SMILES string of the molecule is CC(C(=O)Nc1ccccc1Cl)n1nc(C(=O)O)c2ccccc2c1=O. The Labute approximate surface area is 152 Å². The summed E-state index contributed by atoms with van der Waals surface area (Å²) in [6, 6.07) is 11.9. The van der Waals surface area contributed by atoms with Gasteiger partial charge in [-0.2, -0.15) is 5.10 Å². The first-order valence-corrected chi connectivity index (χ1v) is 8.08. The average molecular weight is 372 g/mol. The van der Waals surface area contributed by atoms with E-state index in [1.165, 1.54) is 19.1 Å². The van der Waals surface area contributed by atoms with Gasteiger partial charge >= 0.3 is 5.97 Å². The lowest BCUT2D eigenvalue weighted by atomic mass is 10.1. The molecular formula is C18H14ClN3O4. The number of rotatable bonds is 4. The van der Waals surface area contributed by atoms with Crippen LogP contribution in [0.3, 0.4) is 0 Å². The van der Waals surface area contributed by atoms with Gasteiger partial charge in [-0.15, -0.1) is 0 Å². The number of hydrogen-bond acceptors (Lipinski definition) is 4. The molecule has 0 spiro atoms. The van der Waals surface area contributed by atoms with Crippen LogP contribution >= 0.6 is 11.6 Å². The summed E-state index contributed by atoms with van der Waals surface area (Å²) in [6.45, 7) is 1.46. The van der Waals surface area contributed by atoms with E-state index in [1.807, 2.05) is 0 Å². The lowest BCUT2D eigenvalue weighted by Gasteiger charge is -2.16. The maximum atomic E-state index is 12.7. The van der Waals surface area contributed by atoms with Crippen molar-refractivity contribution < 1.29 is 14.7 Å². The second-order valence-corrected chi connectivity index (χ2v) is 6.00. The van der Waals surface area contributed by atoms with Gasteiger partial charge in [-0.05, 0) is 25.1 Å². The largest absolute Gasteiger partial charge is 0.476 e. The highest BCUT2D eigenvalue weighted by Crippen LogP contribution is 2.22. The smallest absolute Gasteiger partial charge is 0.357 e. The average Bonchev–Trinajstić information content (AvgIpc) is 2.63. The number of aromatic nitrogens is 2. The van der Waals surface area contributed by atoms with Crippen molar-refractivity contribution in [3.05, 3.63) is 69.6 Å². The minimum Gasteiger partial charge on any atom is -0.476 e. The third kappa shape index (κ3) is 3.16. The number of aromatic carboxylic acids is 1. The number of anilines is 1. The molecule has 1 heterocycles. The quantitative estimate of drug-likeness (QED) is 0.734. The summed E-state index contributed by atoms with van der Waals surface area (Å²) in [5, 5.41) is 16.7. The molecule has 132 valence electrons. The number of halogens is 1. The Morgan fingerprint density at radius 2 is 1.73 bits per heavy atom. The summed E-state index contributed by atoms with van der Waals surface area (Å²) >= 11 is 6.02. The van der Waals surface area contributed by atoms with Crippen LogP contribution in [0.5, 0.6) is 0 Å². The molecule has 0 radical (unpaired) electrons. The number of para-hydroxylation sites is 1. The number of nitrogens with one attached hydrogen (secondary N) is 1. The molecule has 0 saturated heterocycles. The number of nitrogens with zero attached hydrogens (tertiary/aromatic N) is 2. The summed E-state index contributed by atoms with van der Waals surface area (Å²) in [5.41, 5.74) is -0.455. The molecule has 0 saturated carbocycles. The Balaban J connectivity index is 2.05. The number of fused-ring (bicyclic) bond motifs is 1. The van der Waals surface area contributed by atoms with E-state index in [-0.39, 0.29) is 16.5 Å². The van der Waals surface area contributed by atoms with Gasteiger partial charge in [0.2, 0.25) is 5.91 Å². The molecule has 1 unspecified atom stereocenters. The summed E-state index contributed by atoms with van der Waals surface area (Å²) in [7, 11) is 0. The van der Waals surface area contributed by atoms with E-state index in [0.717, 1.165) is 4.68 Å². The normalized spacial score (nSPS) is 11.9. The molecule has 1 aromatic heterocycles. The minimum atomic E-state index is -1.28. The van der Waals surface area contributed by atoms with Crippen LogP contribution in [0.1, 0.15) is 23.5 Å². The third-order valence-corrected chi connectivity index (χ3v) is 4.24. The molecule has 8 heteroatoms. The highest BCUT2D eigenvalue weighted by atomic mass is 35.5. The number of carboxylic acids is 1. The van der Waals surface area contributed by atoms with Crippen molar-refractivity contribution in [1.29, 1.82) is 0 Å². The fourth-order valence-electron chi connectivity index (χ4n) is 2.54. The third-order valence-electron chi connectivity index (χ3n) is 3.91. The first-order chi connectivity index (χ1) is 12.4. The van der Waals surface area contributed by atoms with E-state index >= 15 is 0 Å². The number of carbonyl (C=O) groups is 2. The van der Waals surface area contributed by atoms with E-state index in [0.29, 0.717) is 10.7 Å². The van der Waals surface area contributed by atoms with Crippen molar-refractivity contribution in [2.24, 2.45) is 0 Å². The van der Waals surface area contributed by atoms with E-state index in [9.17, 15) is 19.5 Å². The van der Waals surface area contributed by atoms with Crippen molar-refractivity contribution in [2.45, 2.75) is 13.0 Å². The molecule has 2 N–H and O–H groups in total. The Bertz CT molecular complexity index is 1080. The Morgan fingerprint density at radius 3 is 2.38 bits per heavy atom. The van der Waals surface area contributed by atoms with Crippen LogP contribution in [0, 0.1) is 0 Å². The molecule has 0 bridgehead atoms. The van der Waals surface area contributed by atoms with Crippen LogP contribution in [0.25, 0.3) is 10.8 Å². The van der Waals surface area contributed by atoms with Gasteiger partial charge in [0.25, 0.3) is 5.56 Å². The van der Waals surface area contributed by atoms with Crippen molar-refractivity contribution >= 4 is 39.9 Å². The van der Waals surface area contributed by atoms with Gasteiger partial charge in [0.1, 0.15) is 6.04 Å². The predicted octanol–water partition coefficient (Wildman–Crippen LogP) is 2.95. The molecule has 26 heavy (non-hydrogen) atoms. The number of carbonyl (C=O) groups excluding carboxylic acids is 1. The topological polar surface area (TPSA) is 101 Å². The molecular weight excluding hydrogens is 358 g/mol. The summed E-state index contributed by atoms with van der Waals surface area (Å²) in [4.78, 5) is 36.7. The van der Waals surface area contributed by atoms with Crippen LogP contribution in [0.4, 0.5) is 5.69 Å². The van der Waals surface area contributed by atoms with Gasteiger partial charge in [0.15, 0.2) is 5.69 Å². The first-order valence-electron chi connectivity index (χ1n) is 7.70. The summed E-state index contributed by atoms with van der Waals surface area (Å²) in [5.74, 6) is -1.83. The summed E-state index contributed by atoms with van der Waals surface area (Å²) in [6.07, 6.45) is 0. The fraction of sp³-hybridized carbons (Fsp3) is 0.111. The van der Waals surface area contributed by atoms with Gasteiger partial charge in [0, 0.05) is 5.39 Å². The molecule has 3 aromatic rings. The fourth-order valence-corrected chi connectivity index (χ4v) is 2.72. The lowest BCUT2D eigenvalue weighted by Crippen LogP contribution is -2.34. The molecule has 7 nitrogen and oxygen atoms in total. The van der Waals surface area contributed by atoms with E-state index in [4.69, 9.17) is 11.6 Å². The number of carboxylic acid groups (broad SMARTS) is 1. The van der Waals surface area contributed by atoms with Crippen molar-refractivity contribution in [3.8, 4) is 0 Å². The Kier molecular flexibility index (Phi) is 4.73. The van der Waals surface area contributed by atoms with Crippen LogP contribution in [0.15, 0.2) is 53.3 Å².